The number of amides is 1. The van der Waals surface area contributed by atoms with E-state index >= 15 is 0 Å². The van der Waals surface area contributed by atoms with Crippen molar-refractivity contribution in [1.29, 1.82) is 0 Å². The van der Waals surface area contributed by atoms with Crippen molar-refractivity contribution in [1.82, 2.24) is 15.3 Å². The Bertz CT molecular complexity index is 567. The molecule has 0 radical (unpaired) electrons. The van der Waals surface area contributed by atoms with Crippen LogP contribution in [0.5, 0.6) is 0 Å². The van der Waals surface area contributed by atoms with Gasteiger partial charge in [-0.25, -0.2) is 9.97 Å². The molecule has 2 heterocycles. The number of thiazole rings is 1. The van der Waals surface area contributed by atoms with Gasteiger partial charge in [0.25, 0.3) is 5.91 Å². The largest absolute Gasteiger partial charge is 0.384 e. The molecule has 18 heavy (non-hydrogen) atoms. The molecule has 1 amide bonds. The third kappa shape index (κ3) is 2.84. The minimum Gasteiger partial charge on any atom is -0.384 e. The minimum absolute atomic E-state index is 0.139. The third-order valence-electron chi connectivity index (χ3n) is 2.36. The van der Waals surface area contributed by atoms with Crippen molar-refractivity contribution < 1.29 is 4.79 Å². The summed E-state index contributed by atoms with van der Waals surface area (Å²) in [7, 11) is 0. The topological polar surface area (TPSA) is 80.9 Å². The molecule has 6 heteroatoms. The number of hydrogen-bond donors (Lipinski definition) is 2. The Labute approximate surface area is 109 Å². The lowest BCUT2D eigenvalue weighted by Crippen LogP contribution is -2.27. The van der Waals surface area contributed by atoms with Crippen molar-refractivity contribution in [2.45, 2.75) is 19.9 Å². The Morgan fingerprint density at radius 1 is 1.50 bits per heavy atom. The van der Waals surface area contributed by atoms with Crippen molar-refractivity contribution in [2.24, 2.45) is 0 Å². The molecule has 0 aliphatic rings. The molecule has 2 rings (SSSR count). The van der Waals surface area contributed by atoms with Gasteiger partial charge in [-0.2, -0.15) is 0 Å². The average Bonchev–Trinajstić information content (AvgIpc) is 2.76. The van der Waals surface area contributed by atoms with E-state index in [9.17, 15) is 4.79 Å². The minimum atomic E-state index is -0.248. The Morgan fingerprint density at radius 3 is 2.89 bits per heavy atom. The van der Waals surface area contributed by atoms with E-state index in [1.54, 1.807) is 35.7 Å². The first-order valence-corrected chi connectivity index (χ1v) is 6.33. The third-order valence-corrected chi connectivity index (χ3v) is 3.46. The number of hydrogen-bond acceptors (Lipinski definition) is 5. The predicted octanol–water partition coefficient (Wildman–Crippen LogP) is 1.92. The SMILES string of the molecule is Cc1cnc(C(C)NC(=O)c2cccc(N)n2)s1. The average molecular weight is 262 g/mol. The first kappa shape index (κ1) is 12.5. The molecule has 0 fully saturated rings. The zero-order valence-corrected chi connectivity index (χ0v) is 11.0. The highest BCUT2D eigenvalue weighted by Gasteiger charge is 2.14. The monoisotopic (exact) mass is 262 g/mol. The highest BCUT2D eigenvalue weighted by Crippen LogP contribution is 2.19. The number of nitrogen functional groups attached to an aromatic ring is 1. The Kier molecular flexibility index (Phi) is 3.57. The molecule has 0 saturated heterocycles. The number of nitrogens with two attached hydrogens (primary N) is 1. The molecular weight excluding hydrogens is 248 g/mol. The summed E-state index contributed by atoms with van der Waals surface area (Å²) >= 11 is 1.57. The summed E-state index contributed by atoms with van der Waals surface area (Å²) in [5.74, 6) is 0.0862. The summed E-state index contributed by atoms with van der Waals surface area (Å²) in [5.41, 5.74) is 5.86. The smallest absolute Gasteiger partial charge is 0.270 e. The fourth-order valence-corrected chi connectivity index (χ4v) is 2.26. The van der Waals surface area contributed by atoms with Gasteiger partial charge in [0, 0.05) is 11.1 Å². The van der Waals surface area contributed by atoms with Crippen LogP contribution in [0.2, 0.25) is 0 Å². The standard InChI is InChI=1S/C12H14N4OS/c1-7-6-14-12(18-7)8(2)15-11(17)9-4-3-5-10(13)16-9/h3-6,8H,1-2H3,(H2,13,16)(H,15,17). The van der Waals surface area contributed by atoms with Crippen LogP contribution in [0.3, 0.4) is 0 Å². The van der Waals surface area contributed by atoms with E-state index in [1.165, 1.54) is 0 Å². The molecule has 0 aliphatic heterocycles. The number of rotatable bonds is 3. The van der Waals surface area contributed by atoms with E-state index in [-0.39, 0.29) is 11.9 Å². The van der Waals surface area contributed by atoms with Crippen molar-refractivity contribution in [3.05, 3.63) is 40.0 Å². The predicted molar refractivity (Wildman–Crippen MR) is 71.4 cm³/mol. The van der Waals surface area contributed by atoms with E-state index in [2.05, 4.69) is 15.3 Å². The van der Waals surface area contributed by atoms with Crippen LogP contribution >= 0.6 is 11.3 Å². The maximum Gasteiger partial charge on any atom is 0.270 e. The maximum absolute atomic E-state index is 11.9. The molecule has 3 N–H and O–H groups in total. The zero-order chi connectivity index (χ0) is 13.1. The van der Waals surface area contributed by atoms with Crippen molar-refractivity contribution >= 4 is 23.1 Å². The first-order chi connectivity index (χ1) is 8.56. The summed E-state index contributed by atoms with van der Waals surface area (Å²) < 4.78 is 0. The van der Waals surface area contributed by atoms with Crippen LogP contribution in [0.25, 0.3) is 0 Å². The Balaban J connectivity index is 2.08. The van der Waals surface area contributed by atoms with Crippen molar-refractivity contribution in [3.8, 4) is 0 Å². The van der Waals surface area contributed by atoms with Crippen LogP contribution in [0.4, 0.5) is 5.82 Å². The summed E-state index contributed by atoms with van der Waals surface area (Å²) in [6, 6.07) is 4.84. The van der Waals surface area contributed by atoms with Crippen LogP contribution in [0, 0.1) is 6.92 Å². The highest BCUT2D eigenvalue weighted by molar-refractivity contribution is 7.11. The van der Waals surface area contributed by atoms with Gasteiger partial charge >= 0.3 is 0 Å². The molecule has 0 spiro atoms. The molecule has 2 aromatic heterocycles. The number of pyridine rings is 1. The lowest BCUT2D eigenvalue weighted by atomic mass is 10.3. The molecule has 0 saturated carbocycles. The van der Waals surface area contributed by atoms with Gasteiger partial charge in [-0.05, 0) is 26.0 Å². The van der Waals surface area contributed by atoms with Gasteiger partial charge in [-0.15, -0.1) is 11.3 Å². The van der Waals surface area contributed by atoms with E-state index in [4.69, 9.17) is 5.73 Å². The second-order valence-electron chi connectivity index (χ2n) is 3.95. The number of nitrogens with one attached hydrogen (secondary N) is 1. The molecule has 1 unspecified atom stereocenters. The van der Waals surface area contributed by atoms with Gasteiger partial charge in [0.2, 0.25) is 0 Å². The van der Waals surface area contributed by atoms with Crippen LogP contribution in [0.15, 0.2) is 24.4 Å². The van der Waals surface area contributed by atoms with Crippen LogP contribution in [-0.4, -0.2) is 15.9 Å². The number of aromatic nitrogens is 2. The molecule has 1 atom stereocenters. The van der Waals surface area contributed by atoms with E-state index in [0.717, 1.165) is 9.88 Å². The summed E-state index contributed by atoms with van der Waals surface area (Å²) in [5, 5.41) is 3.72. The van der Waals surface area contributed by atoms with Crippen LogP contribution in [0.1, 0.15) is 33.3 Å². The second-order valence-corrected chi connectivity index (χ2v) is 5.22. The molecule has 94 valence electrons. The van der Waals surface area contributed by atoms with Gasteiger partial charge in [0.05, 0.1) is 6.04 Å². The lowest BCUT2D eigenvalue weighted by molar-refractivity contribution is 0.0935. The quantitative estimate of drug-likeness (QED) is 0.885. The molecule has 0 aliphatic carbocycles. The highest BCUT2D eigenvalue weighted by atomic mass is 32.1. The van der Waals surface area contributed by atoms with Crippen LogP contribution in [-0.2, 0) is 0 Å². The zero-order valence-electron chi connectivity index (χ0n) is 10.2. The second kappa shape index (κ2) is 5.14. The van der Waals surface area contributed by atoms with E-state index < -0.39 is 0 Å². The molecule has 0 aromatic carbocycles. The number of carbonyl (C=O) groups is 1. The summed E-state index contributed by atoms with van der Waals surface area (Å²) in [6.07, 6.45) is 1.79. The van der Waals surface area contributed by atoms with Gasteiger partial charge in [0.15, 0.2) is 0 Å². The lowest BCUT2D eigenvalue weighted by Gasteiger charge is -2.10. The van der Waals surface area contributed by atoms with Gasteiger partial charge in [-0.1, -0.05) is 6.07 Å². The molecule has 2 aromatic rings. The number of aryl methyl sites for hydroxylation is 1. The molecule has 5 nitrogen and oxygen atoms in total. The molecular formula is C12H14N4OS. The van der Waals surface area contributed by atoms with Crippen molar-refractivity contribution in [3.63, 3.8) is 0 Å². The fourth-order valence-electron chi connectivity index (χ4n) is 1.48. The normalized spacial score (nSPS) is 12.1. The van der Waals surface area contributed by atoms with Crippen LogP contribution < -0.4 is 11.1 Å². The van der Waals surface area contributed by atoms with E-state index in [1.807, 2.05) is 13.8 Å². The van der Waals surface area contributed by atoms with Gasteiger partial charge in [0.1, 0.15) is 16.5 Å². The van der Waals surface area contributed by atoms with Crippen molar-refractivity contribution in [2.75, 3.05) is 5.73 Å². The Hall–Kier alpha value is -1.95. The Morgan fingerprint density at radius 2 is 2.28 bits per heavy atom. The number of anilines is 1. The number of carbonyl (C=O) groups excluding carboxylic acids is 1. The van der Waals surface area contributed by atoms with Gasteiger partial charge < -0.3 is 11.1 Å². The van der Waals surface area contributed by atoms with E-state index in [0.29, 0.717) is 11.5 Å². The molecule has 0 bridgehead atoms. The first-order valence-electron chi connectivity index (χ1n) is 5.52. The summed E-state index contributed by atoms with van der Waals surface area (Å²) in [6.45, 7) is 3.87. The number of nitrogens with zero attached hydrogens (tertiary/aromatic N) is 2. The fraction of sp³-hybridized carbons (Fsp3) is 0.250. The summed E-state index contributed by atoms with van der Waals surface area (Å²) in [4.78, 5) is 21.3. The maximum atomic E-state index is 11.9. The van der Waals surface area contributed by atoms with Gasteiger partial charge in [-0.3, -0.25) is 4.79 Å².